The number of nitrogens with two attached hydrogens (primary N) is 1. The first-order valence-corrected chi connectivity index (χ1v) is 6.34. The molecule has 19 heavy (non-hydrogen) atoms. The van der Waals surface area contributed by atoms with E-state index in [-0.39, 0.29) is 10.9 Å². The minimum absolute atomic E-state index is 0.237. The number of amides is 1. The van der Waals surface area contributed by atoms with Crippen LogP contribution in [0.2, 0.25) is 10.0 Å². The van der Waals surface area contributed by atoms with Crippen LogP contribution in [0.25, 0.3) is 0 Å². The highest BCUT2D eigenvalue weighted by Gasteiger charge is 2.17. The van der Waals surface area contributed by atoms with E-state index < -0.39 is 0 Å². The standard InChI is InChI=1S/C14H12Cl2N2O/c1-18(9-5-3-2-4-6-9)14(19)10-7-13(17)12(16)8-11(10)15/h2-8H,17H2,1H3. The molecule has 2 aromatic rings. The van der Waals surface area contributed by atoms with Crippen LogP contribution in [0.1, 0.15) is 10.4 Å². The highest BCUT2D eigenvalue weighted by Crippen LogP contribution is 2.28. The lowest BCUT2D eigenvalue weighted by Gasteiger charge is -2.18. The van der Waals surface area contributed by atoms with Crippen LogP contribution in [-0.4, -0.2) is 13.0 Å². The molecule has 1 amide bonds. The van der Waals surface area contributed by atoms with Crippen molar-refractivity contribution in [3.8, 4) is 0 Å². The number of nitrogens with zero attached hydrogens (tertiary/aromatic N) is 1. The number of carbonyl (C=O) groups excluding carboxylic acids is 1. The van der Waals surface area contributed by atoms with E-state index in [0.717, 1.165) is 5.69 Å². The van der Waals surface area contributed by atoms with Gasteiger partial charge in [-0.2, -0.15) is 0 Å². The van der Waals surface area contributed by atoms with E-state index in [4.69, 9.17) is 28.9 Å². The quantitative estimate of drug-likeness (QED) is 0.855. The van der Waals surface area contributed by atoms with Crippen LogP contribution >= 0.6 is 23.2 Å². The number of hydrogen-bond acceptors (Lipinski definition) is 2. The summed E-state index contributed by atoms with van der Waals surface area (Å²) in [5, 5.41) is 0.621. The Morgan fingerprint density at radius 2 is 1.74 bits per heavy atom. The Morgan fingerprint density at radius 1 is 1.11 bits per heavy atom. The number of anilines is 2. The normalized spacial score (nSPS) is 10.3. The van der Waals surface area contributed by atoms with Crippen molar-refractivity contribution in [3.63, 3.8) is 0 Å². The third-order valence-corrected chi connectivity index (χ3v) is 3.40. The molecule has 0 bridgehead atoms. The molecule has 0 aliphatic heterocycles. The summed E-state index contributed by atoms with van der Waals surface area (Å²) in [6.07, 6.45) is 0. The van der Waals surface area contributed by atoms with Gasteiger partial charge >= 0.3 is 0 Å². The van der Waals surface area contributed by atoms with Gasteiger partial charge in [0.15, 0.2) is 0 Å². The Balaban J connectivity index is 2.37. The molecule has 3 nitrogen and oxygen atoms in total. The molecular formula is C14H12Cl2N2O. The van der Waals surface area contributed by atoms with E-state index in [0.29, 0.717) is 16.3 Å². The molecule has 5 heteroatoms. The Hall–Kier alpha value is -1.71. The predicted molar refractivity (Wildman–Crippen MR) is 80.0 cm³/mol. The van der Waals surface area contributed by atoms with Crippen molar-refractivity contribution in [2.24, 2.45) is 0 Å². The van der Waals surface area contributed by atoms with E-state index in [9.17, 15) is 4.79 Å². The Labute approximate surface area is 121 Å². The number of para-hydroxylation sites is 1. The number of nitrogen functional groups attached to an aromatic ring is 1. The van der Waals surface area contributed by atoms with Gasteiger partial charge in [-0.1, -0.05) is 41.4 Å². The van der Waals surface area contributed by atoms with Gasteiger partial charge in [0.2, 0.25) is 0 Å². The lowest BCUT2D eigenvalue weighted by Crippen LogP contribution is -2.26. The van der Waals surface area contributed by atoms with Gasteiger partial charge < -0.3 is 10.6 Å². The van der Waals surface area contributed by atoms with Crippen molar-refractivity contribution in [2.45, 2.75) is 0 Å². The number of carbonyl (C=O) groups is 1. The zero-order valence-electron chi connectivity index (χ0n) is 10.2. The van der Waals surface area contributed by atoms with Crippen molar-refractivity contribution < 1.29 is 4.79 Å². The Morgan fingerprint density at radius 3 is 2.37 bits per heavy atom. The van der Waals surface area contributed by atoms with Crippen LogP contribution in [0.3, 0.4) is 0 Å². The Kier molecular flexibility index (Phi) is 3.98. The van der Waals surface area contributed by atoms with Crippen LogP contribution in [0.4, 0.5) is 11.4 Å². The topological polar surface area (TPSA) is 46.3 Å². The highest BCUT2D eigenvalue weighted by molar-refractivity contribution is 6.38. The molecule has 98 valence electrons. The van der Waals surface area contributed by atoms with E-state index in [2.05, 4.69) is 0 Å². The van der Waals surface area contributed by atoms with Crippen LogP contribution in [-0.2, 0) is 0 Å². The maximum atomic E-state index is 12.4. The fraction of sp³-hybridized carbons (Fsp3) is 0.0714. The monoisotopic (exact) mass is 294 g/mol. The minimum Gasteiger partial charge on any atom is -0.398 e. The molecule has 0 saturated heterocycles. The van der Waals surface area contributed by atoms with Gasteiger partial charge in [-0.3, -0.25) is 4.79 Å². The number of hydrogen-bond donors (Lipinski definition) is 1. The second-order valence-corrected chi connectivity index (χ2v) is 4.87. The number of benzene rings is 2. The fourth-order valence-corrected chi connectivity index (χ4v) is 2.14. The highest BCUT2D eigenvalue weighted by atomic mass is 35.5. The van der Waals surface area contributed by atoms with E-state index in [1.54, 1.807) is 7.05 Å². The first-order valence-electron chi connectivity index (χ1n) is 5.58. The molecule has 0 radical (unpaired) electrons. The van der Waals surface area contributed by atoms with Crippen LogP contribution < -0.4 is 10.6 Å². The summed E-state index contributed by atoms with van der Waals surface area (Å²) in [7, 11) is 1.68. The van der Waals surface area contributed by atoms with Gasteiger partial charge in [-0.15, -0.1) is 0 Å². The van der Waals surface area contributed by atoms with E-state index in [1.807, 2.05) is 30.3 Å². The fourth-order valence-electron chi connectivity index (χ4n) is 1.68. The largest absolute Gasteiger partial charge is 0.398 e. The smallest absolute Gasteiger partial charge is 0.259 e. The third kappa shape index (κ3) is 2.83. The first kappa shape index (κ1) is 13.7. The average Bonchev–Trinajstić information content (AvgIpc) is 2.42. The molecule has 0 aromatic heterocycles. The number of rotatable bonds is 2. The van der Waals surface area contributed by atoms with Crippen LogP contribution in [0.15, 0.2) is 42.5 Å². The summed E-state index contributed by atoms with van der Waals surface area (Å²) in [5.41, 5.74) is 7.14. The van der Waals surface area contributed by atoms with Gasteiger partial charge in [0.1, 0.15) is 0 Å². The molecule has 0 heterocycles. The molecule has 2 N–H and O–H groups in total. The van der Waals surface area contributed by atoms with Crippen molar-refractivity contribution in [1.29, 1.82) is 0 Å². The molecule has 0 saturated carbocycles. The average molecular weight is 295 g/mol. The second kappa shape index (κ2) is 5.51. The van der Waals surface area contributed by atoms with Gasteiger partial charge in [0, 0.05) is 12.7 Å². The molecule has 0 aliphatic carbocycles. The molecule has 0 spiro atoms. The molecule has 0 unspecified atom stereocenters. The number of halogens is 2. The molecular weight excluding hydrogens is 283 g/mol. The van der Waals surface area contributed by atoms with Crippen LogP contribution in [0.5, 0.6) is 0 Å². The summed E-state index contributed by atoms with van der Waals surface area (Å²) in [6, 6.07) is 12.2. The Bertz CT molecular complexity index is 614. The SMILES string of the molecule is CN(C(=O)c1cc(N)c(Cl)cc1Cl)c1ccccc1. The molecule has 0 atom stereocenters. The van der Waals surface area contributed by atoms with Gasteiger partial charge in [-0.25, -0.2) is 0 Å². The summed E-state index contributed by atoms with van der Waals surface area (Å²) in [6.45, 7) is 0. The second-order valence-electron chi connectivity index (χ2n) is 4.05. The lowest BCUT2D eigenvalue weighted by molar-refractivity contribution is 0.0993. The molecule has 0 aliphatic rings. The molecule has 2 rings (SSSR count). The zero-order chi connectivity index (χ0) is 14.0. The summed E-state index contributed by atoms with van der Waals surface area (Å²) >= 11 is 11.9. The molecule has 2 aromatic carbocycles. The van der Waals surface area contributed by atoms with Crippen molar-refractivity contribution in [2.75, 3.05) is 17.7 Å². The summed E-state index contributed by atoms with van der Waals surface area (Å²) in [4.78, 5) is 13.9. The van der Waals surface area contributed by atoms with Crippen molar-refractivity contribution in [3.05, 3.63) is 58.1 Å². The maximum absolute atomic E-state index is 12.4. The lowest BCUT2D eigenvalue weighted by atomic mass is 10.1. The van der Waals surface area contributed by atoms with E-state index in [1.165, 1.54) is 17.0 Å². The summed E-state index contributed by atoms with van der Waals surface area (Å²) < 4.78 is 0. The minimum atomic E-state index is -0.237. The van der Waals surface area contributed by atoms with Gasteiger partial charge in [-0.05, 0) is 24.3 Å². The zero-order valence-corrected chi connectivity index (χ0v) is 11.7. The van der Waals surface area contributed by atoms with Crippen LogP contribution in [0, 0.1) is 0 Å². The summed E-state index contributed by atoms with van der Waals surface area (Å²) in [5.74, 6) is -0.237. The van der Waals surface area contributed by atoms with Gasteiger partial charge in [0.25, 0.3) is 5.91 Å². The van der Waals surface area contributed by atoms with Crippen molar-refractivity contribution >= 4 is 40.5 Å². The van der Waals surface area contributed by atoms with Gasteiger partial charge in [0.05, 0.1) is 21.3 Å². The molecule has 0 fully saturated rings. The maximum Gasteiger partial charge on any atom is 0.259 e. The predicted octanol–water partition coefficient (Wildman–Crippen LogP) is 3.85. The van der Waals surface area contributed by atoms with Crippen molar-refractivity contribution in [1.82, 2.24) is 0 Å². The third-order valence-electron chi connectivity index (χ3n) is 2.76. The first-order chi connectivity index (χ1) is 9.00. The van der Waals surface area contributed by atoms with E-state index >= 15 is 0 Å².